The van der Waals surface area contributed by atoms with Gasteiger partial charge in [-0.05, 0) is 51.2 Å². The first-order chi connectivity index (χ1) is 16.3. The highest BCUT2D eigenvalue weighted by atomic mass is 16.7. The molecule has 1 aromatic rings. The van der Waals surface area contributed by atoms with E-state index in [2.05, 4.69) is 4.98 Å². The minimum Gasteiger partial charge on any atom is -0.461 e. The largest absolute Gasteiger partial charge is 0.461 e. The number of carbonyl (C=O) groups excluding carboxylic acids is 3. The van der Waals surface area contributed by atoms with Crippen LogP contribution in [0.5, 0.6) is 0 Å². The lowest BCUT2D eigenvalue weighted by Crippen LogP contribution is -2.51. The van der Waals surface area contributed by atoms with E-state index in [0.29, 0.717) is 77.4 Å². The van der Waals surface area contributed by atoms with Gasteiger partial charge in [0.25, 0.3) is 0 Å². The molecule has 3 saturated heterocycles. The number of nitrogens with one attached hydrogen (secondary N) is 1. The molecule has 9 heteroatoms. The normalized spacial score (nSPS) is 22.3. The first-order valence-corrected chi connectivity index (χ1v) is 12.5. The third-order valence-corrected chi connectivity index (χ3v) is 7.44. The van der Waals surface area contributed by atoms with Crippen LogP contribution in [0.15, 0.2) is 0 Å². The second-order valence-corrected chi connectivity index (χ2v) is 9.56. The fourth-order valence-electron chi connectivity index (χ4n) is 5.48. The standard InChI is InChI=1S/C25H37N3O6/c1-4-32-24(31)22-17(2)20(18(3)26-22)7-8-21(29)28-11-5-6-19(16-28)23(30)27-12-9-25(10-13-27)33-14-15-34-25/h19,26H,4-16H2,1-3H3/t19-/m1/s1. The molecule has 3 aliphatic heterocycles. The molecule has 188 valence electrons. The molecule has 3 aliphatic rings. The van der Waals surface area contributed by atoms with Gasteiger partial charge in [0.2, 0.25) is 11.8 Å². The van der Waals surface area contributed by atoms with Gasteiger partial charge in [0.1, 0.15) is 5.69 Å². The molecule has 0 radical (unpaired) electrons. The second kappa shape index (κ2) is 10.5. The molecule has 1 N–H and O–H groups in total. The minimum absolute atomic E-state index is 0.0561. The van der Waals surface area contributed by atoms with Crippen LogP contribution in [0.2, 0.25) is 0 Å². The molecule has 0 unspecified atom stereocenters. The summed E-state index contributed by atoms with van der Waals surface area (Å²) < 4.78 is 16.7. The topological polar surface area (TPSA) is 101 Å². The van der Waals surface area contributed by atoms with Crippen LogP contribution in [0.25, 0.3) is 0 Å². The molecule has 4 heterocycles. The zero-order valence-electron chi connectivity index (χ0n) is 20.6. The number of aromatic amines is 1. The molecule has 1 spiro atoms. The van der Waals surface area contributed by atoms with Crippen molar-refractivity contribution in [2.24, 2.45) is 5.92 Å². The molecular weight excluding hydrogens is 438 g/mol. The number of piperidine rings is 2. The predicted octanol–water partition coefficient (Wildman–Crippen LogP) is 2.34. The highest BCUT2D eigenvalue weighted by Crippen LogP contribution is 2.32. The maximum Gasteiger partial charge on any atom is 0.355 e. The van der Waals surface area contributed by atoms with Crippen LogP contribution in [0.4, 0.5) is 0 Å². The van der Waals surface area contributed by atoms with Crippen molar-refractivity contribution in [3.63, 3.8) is 0 Å². The Balaban J connectivity index is 1.30. The van der Waals surface area contributed by atoms with Crippen LogP contribution in [0, 0.1) is 19.8 Å². The van der Waals surface area contributed by atoms with Crippen molar-refractivity contribution in [2.75, 3.05) is 46.0 Å². The van der Waals surface area contributed by atoms with Gasteiger partial charge in [0.05, 0.1) is 25.7 Å². The van der Waals surface area contributed by atoms with Gasteiger partial charge in [0.15, 0.2) is 5.79 Å². The predicted molar refractivity (Wildman–Crippen MR) is 124 cm³/mol. The van der Waals surface area contributed by atoms with E-state index in [0.717, 1.165) is 29.7 Å². The first-order valence-electron chi connectivity index (χ1n) is 12.5. The fraction of sp³-hybridized carbons (Fsp3) is 0.720. The number of rotatable bonds is 6. The molecule has 4 rings (SSSR count). The highest BCUT2D eigenvalue weighted by Gasteiger charge is 2.42. The van der Waals surface area contributed by atoms with Crippen molar-refractivity contribution >= 4 is 17.8 Å². The molecule has 0 aromatic carbocycles. The Hall–Kier alpha value is -2.39. The van der Waals surface area contributed by atoms with Gasteiger partial charge in [-0.25, -0.2) is 4.79 Å². The summed E-state index contributed by atoms with van der Waals surface area (Å²) in [6.45, 7) is 9.58. The van der Waals surface area contributed by atoms with E-state index < -0.39 is 5.79 Å². The number of H-pyrrole nitrogens is 1. The quantitative estimate of drug-likeness (QED) is 0.634. The van der Waals surface area contributed by atoms with Crippen molar-refractivity contribution < 1.29 is 28.6 Å². The first kappa shape index (κ1) is 24.7. The Morgan fingerprint density at radius 1 is 1.09 bits per heavy atom. The van der Waals surface area contributed by atoms with Crippen LogP contribution in [0.1, 0.15) is 66.3 Å². The number of nitrogens with zero attached hydrogens (tertiary/aromatic N) is 2. The lowest BCUT2D eigenvalue weighted by molar-refractivity contribution is -0.188. The Morgan fingerprint density at radius 2 is 1.79 bits per heavy atom. The molecule has 0 bridgehead atoms. The third-order valence-electron chi connectivity index (χ3n) is 7.44. The van der Waals surface area contributed by atoms with Crippen LogP contribution < -0.4 is 0 Å². The average Bonchev–Trinajstić information content (AvgIpc) is 3.41. The Morgan fingerprint density at radius 3 is 2.47 bits per heavy atom. The molecule has 9 nitrogen and oxygen atoms in total. The number of aryl methyl sites for hydroxylation is 1. The molecular formula is C25H37N3O6. The number of likely N-dealkylation sites (tertiary alicyclic amines) is 2. The summed E-state index contributed by atoms with van der Waals surface area (Å²) in [5.41, 5.74) is 3.17. The summed E-state index contributed by atoms with van der Waals surface area (Å²) in [5, 5.41) is 0. The number of amides is 2. The fourth-order valence-corrected chi connectivity index (χ4v) is 5.48. The maximum atomic E-state index is 13.2. The van der Waals surface area contributed by atoms with E-state index >= 15 is 0 Å². The summed E-state index contributed by atoms with van der Waals surface area (Å²) in [5.74, 6) is -0.814. The zero-order valence-corrected chi connectivity index (χ0v) is 20.6. The number of hydrogen-bond donors (Lipinski definition) is 1. The Bertz CT molecular complexity index is 910. The number of hydrogen-bond acceptors (Lipinski definition) is 6. The van der Waals surface area contributed by atoms with Crippen molar-refractivity contribution in [1.29, 1.82) is 0 Å². The lowest BCUT2D eigenvalue weighted by Gasteiger charge is -2.40. The number of esters is 1. The summed E-state index contributed by atoms with van der Waals surface area (Å²) in [7, 11) is 0. The van der Waals surface area contributed by atoms with Gasteiger partial charge in [-0.15, -0.1) is 0 Å². The van der Waals surface area contributed by atoms with E-state index in [-0.39, 0.29) is 23.7 Å². The molecule has 0 aliphatic carbocycles. The second-order valence-electron chi connectivity index (χ2n) is 9.56. The van der Waals surface area contributed by atoms with Crippen LogP contribution in [-0.4, -0.2) is 84.4 Å². The highest BCUT2D eigenvalue weighted by molar-refractivity contribution is 5.90. The van der Waals surface area contributed by atoms with Crippen LogP contribution >= 0.6 is 0 Å². The molecule has 2 amide bonds. The van der Waals surface area contributed by atoms with E-state index in [4.69, 9.17) is 14.2 Å². The minimum atomic E-state index is -0.493. The van der Waals surface area contributed by atoms with E-state index in [9.17, 15) is 14.4 Å². The molecule has 0 saturated carbocycles. The molecule has 34 heavy (non-hydrogen) atoms. The van der Waals surface area contributed by atoms with Crippen LogP contribution in [0.3, 0.4) is 0 Å². The van der Waals surface area contributed by atoms with Crippen molar-refractivity contribution in [3.8, 4) is 0 Å². The number of aromatic nitrogens is 1. The summed E-state index contributed by atoms with van der Waals surface area (Å²) in [4.78, 5) is 45.2. The van der Waals surface area contributed by atoms with Crippen molar-refractivity contribution in [1.82, 2.24) is 14.8 Å². The van der Waals surface area contributed by atoms with Gasteiger partial charge in [-0.3, -0.25) is 9.59 Å². The molecule has 1 aromatic heterocycles. The lowest BCUT2D eigenvalue weighted by atomic mass is 9.94. The zero-order chi connectivity index (χ0) is 24.3. The average molecular weight is 476 g/mol. The third kappa shape index (κ3) is 5.15. The number of ether oxygens (including phenoxy) is 3. The van der Waals surface area contributed by atoms with Gasteiger partial charge in [-0.1, -0.05) is 0 Å². The van der Waals surface area contributed by atoms with Crippen molar-refractivity contribution in [2.45, 2.75) is 65.1 Å². The SMILES string of the molecule is CCOC(=O)c1[nH]c(C)c(CCC(=O)N2CCC[C@@H](C(=O)N3CCC4(CC3)OCCO4)C2)c1C. The molecule has 1 atom stereocenters. The van der Waals surface area contributed by atoms with Gasteiger partial charge in [0, 0.05) is 51.1 Å². The maximum absolute atomic E-state index is 13.2. The summed E-state index contributed by atoms with van der Waals surface area (Å²) in [6, 6.07) is 0. The number of carbonyl (C=O) groups is 3. The van der Waals surface area contributed by atoms with Gasteiger partial charge in [-0.2, -0.15) is 0 Å². The Kier molecular flexibility index (Phi) is 7.62. The van der Waals surface area contributed by atoms with Crippen molar-refractivity contribution in [3.05, 3.63) is 22.5 Å². The summed E-state index contributed by atoms with van der Waals surface area (Å²) in [6.07, 6.45) is 3.96. The molecule has 3 fully saturated rings. The van der Waals surface area contributed by atoms with Crippen LogP contribution in [-0.2, 0) is 30.2 Å². The van der Waals surface area contributed by atoms with E-state index in [1.807, 2.05) is 23.6 Å². The summed E-state index contributed by atoms with van der Waals surface area (Å²) >= 11 is 0. The van der Waals surface area contributed by atoms with E-state index in [1.54, 1.807) is 6.92 Å². The Labute approximate surface area is 201 Å². The van der Waals surface area contributed by atoms with Gasteiger partial charge < -0.3 is 29.0 Å². The monoisotopic (exact) mass is 475 g/mol. The smallest absolute Gasteiger partial charge is 0.355 e. The van der Waals surface area contributed by atoms with E-state index in [1.165, 1.54) is 0 Å². The van der Waals surface area contributed by atoms with Gasteiger partial charge >= 0.3 is 5.97 Å².